The van der Waals surface area contributed by atoms with Crippen LogP contribution in [0.1, 0.15) is 0 Å². The number of benzene rings is 2. The van der Waals surface area contributed by atoms with Gasteiger partial charge in [0, 0.05) is 5.56 Å². The lowest BCUT2D eigenvalue weighted by atomic mass is 10.2. The first kappa shape index (κ1) is 13.0. The molecule has 0 aliphatic heterocycles. The summed E-state index contributed by atoms with van der Waals surface area (Å²) in [6.07, 6.45) is 0. The monoisotopic (exact) mass is 289 g/mol. The van der Waals surface area contributed by atoms with Crippen LogP contribution in [0.15, 0.2) is 42.5 Å². The smallest absolute Gasteiger partial charge is 0.146 e. The molecular weight excluding hydrogens is 277 g/mol. The first-order valence-corrected chi connectivity index (χ1v) is 6.99. The Morgan fingerprint density at radius 3 is 2.80 bits per heavy atom. The zero-order valence-electron chi connectivity index (χ0n) is 10.5. The Morgan fingerprint density at radius 2 is 2.00 bits per heavy atom. The number of aliphatic hydroxyl groups is 1. The van der Waals surface area contributed by atoms with E-state index in [4.69, 9.17) is 9.84 Å². The predicted octanol–water partition coefficient (Wildman–Crippen LogP) is 3.47. The molecule has 5 heteroatoms. The van der Waals surface area contributed by atoms with Crippen molar-refractivity contribution < 1.29 is 14.2 Å². The van der Waals surface area contributed by atoms with Gasteiger partial charge < -0.3 is 9.84 Å². The highest BCUT2D eigenvalue weighted by Gasteiger charge is 2.13. The Bertz CT molecular complexity index is 742. The summed E-state index contributed by atoms with van der Waals surface area (Å²) in [6.45, 7) is 0.159. The molecule has 0 saturated heterocycles. The Hall–Kier alpha value is -1.98. The van der Waals surface area contributed by atoms with E-state index < -0.39 is 0 Å². The second kappa shape index (κ2) is 5.56. The second-order valence-corrected chi connectivity index (χ2v) is 5.20. The Kier molecular flexibility index (Phi) is 3.62. The molecule has 0 unspecified atom stereocenters. The van der Waals surface area contributed by atoms with Crippen molar-refractivity contribution in [2.75, 3.05) is 13.2 Å². The number of ether oxygens (including phenoxy) is 1. The molecule has 1 heterocycles. The maximum atomic E-state index is 13.8. The molecule has 0 atom stereocenters. The summed E-state index contributed by atoms with van der Waals surface area (Å²) < 4.78 is 20.2. The Labute approximate surface area is 119 Å². The molecule has 1 N–H and O–H groups in total. The molecule has 2 aromatic carbocycles. The Balaban J connectivity index is 2.09. The van der Waals surface area contributed by atoms with Crippen molar-refractivity contribution in [2.45, 2.75) is 0 Å². The molecule has 1 aromatic heterocycles. The largest absolute Gasteiger partial charge is 0.489 e. The van der Waals surface area contributed by atoms with Crippen molar-refractivity contribution in [2.24, 2.45) is 0 Å². The van der Waals surface area contributed by atoms with Crippen LogP contribution >= 0.6 is 11.3 Å². The Morgan fingerprint density at radius 1 is 1.15 bits per heavy atom. The van der Waals surface area contributed by atoms with Crippen molar-refractivity contribution in [1.29, 1.82) is 0 Å². The van der Waals surface area contributed by atoms with Crippen LogP contribution in [-0.4, -0.2) is 23.3 Å². The van der Waals surface area contributed by atoms with Crippen LogP contribution in [0.5, 0.6) is 5.75 Å². The number of hydrogen-bond acceptors (Lipinski definition) is 4. The number of aliphatic hydroxyl groups excluding tert-OH is 1. The number of hydrogen-bond donors (Lipinski definition) is 1. The molecule has 0 aliphatic carbocycles. The molecule has 0 aliphatic rings. The molecule has 0 radical (unpaired) electrons. The van der Waals surface area contributed by atoms with Crippen LogP contribution < -0.4 is 4.74 Å². The number of fused-ring (bicyclic) bond motifs is 1. The van der Waals surface area contributed by atoms with Gasteiger partial charge in [-0.05, 0) is 24.3 Å². The summed E-state index contributed by atoms with van der Waals surface area (Å²) in [7, 11) is 0. The summed E-state index contributed by atoms with van der Waals surface area (Å²) in [6, 6.07) is 12.1. The second-order valence-electron chi connectivity index (χ2n) is 4.17. The lowest BCUT2D eigenvalue weighted by molar-refractivity contribution is 0.202. The normalized spacial score (nSPS) is 10.9. The third-order valence-corrected chi connectivity index (χ3v) is 3.89. The van der Waals surface area contributed by atoms with Crippen LogP contribution in [0.25, 0.3) is 20.8 Å². The van der Waals surface area contributed by atoms with Gasteiger partial charge in [0.05, 0.1) is 11.3 Å². The minimum atomic E-state index is -0.288. The van der Waals surface area contributed by atoms with E-state index in [1.807, 2.05) is 12.1 Å². The molecule has 0 amide bonds. The number of rotatable bonds is 4. The quantitative estimate of drug-likeness (QED) is 0.799. The van der Waals surface area contributed by atoms with E-state index in [0.717, 1.165) is 4.70 Å². The zero-order chi connectivity index (χ0) is 13.9. The molecule has 20 heavy (non-hydrogen) atoms. The highest BCUT2D eigenvalue weighted by Crippen LogP contribution is 2.35. The van der Waals surface area contributed by atoms with Crippen molar-refractivity contribution in [3.05, 3.63) is 48.3 Å². The molecular formula is C15H12FNO2S. The third-order valence-electron chi connectivity index (χ3n) is 2.84. The van der Waals surface area contributed by atoms with Crippen LogP contribution in [0, 0.1) is 5.82 Å². The van der Waals surface area contributed by atoms with Crippen molar-refractivity contribution in [3.63, 3.8) is 0 Å². The average Bonchev–Trinajstić information content (AvgIpc) is 2.89. The molecule has 3 rings (SSSR count). The van der Waals surface area contributed by atoms with E-state index in [9.17, 15) is 4.39 Å². The van der Waals surface area contributed by atoms with Crippen LogP contribution in [0.3, 0.4) is 0 Å². The molecule has 0 saturated carbocycles. The van der Waals surface area contributed by atoms with Gasteiger partial charge in [0.25, 0.3) is 0 Å². The first-order valence-electron chi connectivity index (χ1n) is 6.17. The number of halogens is 1. The van der Waals surface area contributed by atoms with Gasteiger partial charge in [-0.15, -0.1) is 11.3 Å². The fourth-order valence-corrected chi connectivity index (χ4v) is 2.96. The highest BCUT2D eigenvalue weighted by molar-refractivity contribution is 7.21. The molecule has 102 valence electrons. The fourth-order valence-electron chi connectivity index (χ4n) is 1.95. The van der Waals surface area contributed by atoms with Crippen LogP contribution in [0.4, 0.5) is 4.39 Å². The molecule has 0 fully saturated rings. The number of para-hydroxylation sites is 1. The lowest BCUT2D eigenvalue weighted by Gasteiger charge is -2.03. The summed E-state index contributed by atoms with van der Waals surface area (Å²) in [5, 5.41) is 9.45. The summed E-state index contributed by atoms with van der Waals surface area (Å²) in [5.41, 5.74) is 1.19. The number of aromatic nitrogens is 1. The number of thiazole rings is 1. The van der Waals surface area contributed by atoms with Crippen LogP contribution in [-0.2, 0) is 0 Å². The van der Waals surface area contributed by atoms with Gasteiger partial charge in [-0.1, -0.05) is 18.2 Å². The summed E-state index contributed by atoms with van der Waals surface area (Å²) in [5.74, 6) is 0.319. The van der Waals surface area contributed by atoms with Gasteiger partial charge in [0.1, 0.15) is 28.7 Å². The van der Waals surface area contributed by atoms with Gasteiger partial charge in [-0.3, -0.25) is 0 Å². The topological polar surface area (TPSA) is 42.4 Å². The fraction of sp³-hybridized carbons (Fsp3) is 0.133. The number of nitrogens with zero attached hydrogens (tertiary/aromatic N) is 1. The highest BCUT2D eigenvalue weighted by atomic mass is 32.1. The van der Waals surface area contributed by atoms with Crippen molar-refractivity contribution >= 4 is 21.6 Å². The average molecular weight is 289 g/mol. The van der Waals surface area contributed by atoms with Gasteiger partial charge in [-0.2, -0.15) is 0 Å². The van der Waals surface area contributed by atoms with Gasteiger partial charge in [-0.25, -0.2) is 9.37 Å². The maximum absolute atomic E-state index is 13.8. The summed E-state index contributed by atoms with van der Waals surface area (Å²) >= 11 is 1.42. The van der Waals surface area contributed by atoms with E-state index in [2.05, 4.69) is 4.98 Å². The summed E-state index contributed by atoms with van der Waals surface area (Å²) in [4.78, 5) is 4.47. The van der Waals surface area contributed by atoms with E-state index in [1.54, 1.807) is 24.3 Å². The van der Waals surface area contributed by atoms with E-state index >= 15 is 0 Å². The van der Waals surface area contributed by atoms with Crippen molar-refractivity contribution in [1.82, 2.24) is 4.98 Å². The molecule has 0 bridgehead atoms. The third kappa shape index (κ3) is 2.37. The molecule has 3 nitrogen and oxygen atoms in total. The minimum Gasteiger partial charge on any atom is -0.489 e. The van der Waals surface area contributed by atoms with Gasteiger partial charge in [0.2, 0.25) is 0 Å². The van der Waals surface area contributed by atoms with Gasteiger partial charge in [0.15, 0.2) is 0 Å². The first-order chi connectivity index (χ1) is 9.79. The van der Waals surface area contributed by atoms with Gasteiger partial charge >= 0.3 is 0 Å². The maximum Gasteiger partial charge on any atom is 0.146 e. The zero-order valence-corrected chi connectivity index (χ0v) is 11.4. The minimum absolute atomic E-state index is 0.0549. The van der Waals surface area contributed by atoms with E-state index in [0.29, 0.717) is 21.8 Å². The lowest BCUT2D eigenvalue weighted by Crippen LogP contribution is -2.01. The van der Waals surface area contributed by atoms with Crippen molar-refractivity contribution in [3.8, 4) is 16.3 Å². The SMILES string of the molecule is OCCOc1cccc2sc(-c3ccccc3F)nc12. The van der Waals surface area contributed by atoms with E-state index in [-0.39, 0.29) is 19.0 Å². The molecule has 3 aromatic rings. The standard InChI is InChI=1S/C15H12FNO2S/c16-11-5-2-1-4-10(11)15-17-14-12(19-9-8-18)6-3-7-13(14)20-15/h1-7,18H,8-9H2. The van der Waals surface area contributed by atoms with Crippen LogP contribution in [0.2, 0.25) is 0 Å². The van der Waals surface area contributed by atoms with E-state index in [1.165, 1.54) is 17.4 Å². The molecule has 0 spiro atoms. The predicted molar refractivity (Wildman–Crippen MR) is 77.6 cm³/mol.